The van der Waals surface area contributed by atoms with Crippen molar-refractivity contribution < 1.29 is 14.1 Å². The van der Waals surface area contributed by atoms with Gasteiger partial charge in [0.1, 0.15) is 5.01 Å². The van der Waals surface area contributed by atoms with Crippen LogP contribution in [0.3, 0.4) is 0 Å². The Bertz CT molecular complexity index is 1410. The highest BCUT2D eigenvalue weighted by Crippen LogP contribution is 2.29. The average Bonchev–Trinajstić information content (AvgIpc) is 3.44. The Morgan fingerprint density at radius 2 is 1.90 bits per heavy atom. The molecule has 0 amide bonds. The first-order valence-corrected chi connectivity index (χ1v) is 14.2. The average molecular weight is 541 g/mol. The molecule has 1 aliphatic heterocycles. The van der Waals surface area contributed by atoms with E-state index in [1.165, 1.54) is 10.4 Å². The van der Waals surface area contributed by atoms with Crippen LogP contribution < -0.4 is 4.90 Å². The Morgan fingerprint density at radius 1 is 1.13 bits per heavy atom. The molecule has 39 heavy (non-hydrogen) atoms. The van der Waals surface area contributed by atoms with Crippen molar-refractivity contribution in [3.63, 3.8) is 0 Å². The van der Waals surface area contributed by atoms with Crippen molar-refractivity contribution in [2.45, 2.75) is 33.6 Å². The number of anilines is 1. The predicted octanol–water partition coefficient (Wildman–Crippen LogP) is 7.37. The molecule has 0 aliphatic carbocycles. The molecule has 202 valence electrons. The number of esters is 1. The summed E-state index contributed by atoms with van der Waals surface area (Å²) in [7, 11) is 2.05. The van der Waals surface area contributed by atoms with E-state index in [4.69, 9.17) is 4.74 Å². The van der Waals surface area contributed by atoms with Crippen molar-refractivity contribution in [2.24, 2.45) is 5.41 Å². The lowest BCUT2D eigenvalue weighted by molar-refractivity contribution is -0.473. The summed E-state index contributed by atoms with van der Waals surface area (Å²) in [4.78, 5) is 19.2. The third kappa shape index (κ3) is 7.42. The minimum atomic E-state index is -0.151. The standard InChI is InChI=1S/C33H38N3O2S/c1-6-7-11-28-24-33(3,4)25(2)36(28)22-23-38-32(37)14-10-21-35(5)27-18-15-26(16-19-27)17-20-31-34-29-12-8-9-13-30(29)39-31/h6-9,11-13,15-20,24H,1,10,14,21-23H2,2-5H3/q+1/b11-7-,20-17+. The number of carbonyl (C=O) groups is 1. The summed E-state index contributed by atoms with van der Waals surface area (Å²) in [5.41, 5.74) is 5.64. The summed E-state index contributed by atoms with van der Waals surface area (Å²) >= 11 is 1.69. The zero-order chi connectivity index (χ0) is 27.8. The fourth-order valence-electron chi connectivity index (χ4n) is 4.58. The lowest BCUT2D eigenvalue weighted by Gasteiger charge is -2.19. The number of para-hydroxylation sites is 1. The summed E-state index contributed by atoms with van der Waals surface area (Å²) in [5.74, 6) is -0.151. The second-order valence-corrected chi connectivity index (χ2v) is 11.4. The summed E-state index contributed by atoms with van der Waals surface area (Å²) < 4.78 is 8.98. The zero-order valence-corrected chi connectivity index (χ0v) is 24.2. The first-order chi connectivity index (χ1) is 18.8. The number of carbonyl (C=O) groups excluding carboxylic acids is 1. The van der Waals surface area contributed by atoms with Gasteiger partial charge < -0.3 is 9.64 Å². The number of thiazole rings is 1. The second-order valence-electron chi connectivity index (χ2n) is 10.3. The van der Waals surface area contributed by atoms with Crippen LogP contribution in [-0.2, 0) is 9.53 Å². The van der Waals surface area contributed by atoms with Crippen LogP contribution in [0.4, 0.5) is 5.69 Å². The van der Waals surface area contributed by atoms with Gasteiger partial charge in [-0.15, -0.1) is 11.3 Å². The second kappa shape index (κ2) is 12.9. The summed E-state index contributed by atoms with van der Waals surface area (Å²) in [6.07, 6.45) is 13.3. The molecule has 2 aromatic carbocycles. The van der Waals surface area contributed by atoms with Crippen molar-refractivity contribution in [3.8, 4) is 0 Å². The molecule has 0 spiro atoms. The third-order valence-corrected chi connectivity index (χ3v) is 8.08. The first kappa shape index (κ1) is 28.2. The fraction of sp³-hybridized carbons (Fsp3) is 0.303. The highest BCUT2D eigenvalue weighted by atomic mass is 32.1. The number of nitrogens with zero attached hydrogens (tertiary/aromatic N) is 3. The van der Waals surface area contributed by atoms with Crippen LogP contribution >= 0.6 is 11.3 Å². The molecule has 0 radical (unpaired) electrons. The number of aromatic nitrogens is 1. The van der Waals surface area contributed by atoms with Gasteiger partial charge in [0.25, 0.3) is 0 Å². The van der Waals surface area contributed by atoms with E-state index in [-0.39, 0.29) is 11.4 Å². The monoisotopic (exact) mass is 540 g/mol. The van der Waals surface area contributed by atoms with Gasteiger partial charge in [-0.1, -0.05) is 49.1 Å². The van der Waals surface area contributed by atoms with E-state index >= 15 is 0 Å². The van der Waals surface area contributed by atoms with Gasteiger partial charge in [-0.3, -0.25) is 4.79 Å². The molecule has 2 heterocycles. The first-order valence-electron chi connectivity index (χ1n) is 13.4. The van der Waals surface area contributed by atoms with Gasteiger partial charge in [-0.25, -0.2) is 4.98 Å². The van der Waals surface area contributed by atoms with Crippen LogP contribution in [0.5, 0.6) is 0 Å². The lowest BCUT2D eigenvalue weighted by atomic mass is 9.89. The molecule has 0 N–H and O–H groups in total. The molecule has 0 saturated heterocycles. The highest BCUT2D eigenvalue weighted by molar-refractivity contribution is 7.19. The molecule has 4 rings (SSSR count). The SMILES string of the molecule is C=C/C=C\C1=CC(C)(C)C(C)=[N+]1CCOC(=O)CCCN(C)c1ccc(/C=C/c2nc3ccccc3s2)cc1. The number of ether oxygens (including phenoxy) is 1. The van der Waals surface area contributed by atoms with Crippen molar-refractivity contribution in [1.82, 2.24) is 4.98 Å². The molecular formula is C33H38N3O2S+. The topological polar surface area (TPSA) is 45.4 Å². The minimum absolute atomic E-state index is 0.0136. The van der Waals surface area contributed by atoms with E-state index in [9.17, 15) is 4.79 Å². The van der Waals surface area contributed by atoms with Crippen LogP contribution in [0.25, 0.3) is 22.4 Å². The van der Waals surface area contributed by atoms with E-state index in [1.54, 1.807) is 17.4 Å². The third-order valence-electron chi connectivity index (χ3n) is 7.08. The Morgan fingerprint density at radius 3 is 2.64 bits per heavy atom. The minimum Gasteiger partial charge on any atom is -0.459 e. The smallest absolute Gasteiger partial charge is 0.306 e. The molecule has 0 fully saturated rings. The zero-order valence-electron chi connectivity index (χ0n) is 23.4. The van der Waals surface area contributed by atoms with Gasteiger partial charge in [-0.05, 0) is 56.2 Å². The maximum Gasteiger partial charge on any atom is 0.306 e. The molecule has 0 atom stereocenters. The molecular weight excluding hydrogens is 502 g/mol. The van der Waals surface area contributed by atoms with Crippen molar-refractivity contribution in [3.05, 3.63) is 95.7 Å². The van der Waals surface area contributed by atoms with E-state index in [0.29, 0.717) is 19.6 Å². The summed E-state index contributed by atoms with van der Waals surface area (Å²) in [6.45, 7) is 12.1. The quantitative estimate of drug-likeness (QED) is 0.137. The van der Waals surface area contributed by atoms with Gasteiger partial charge in [0, 0.05) is 44.8 Å². The molecule has 1 aromatic heterocycles. The van der Waals surface area contributed by atoms with Gasteiger partial charge in [0.05, 0.1) is 15.6 Å². The number of allylic oxidation sites excluding steroid dienone is 4. The number of benzene rings is 2. The van der Waals surface area contributed by atoms with Gasteiger partial charge in [0.15, 0.2) is 18.9 Å². The van der Waals surface area contributed by atoms with Gasteiger partial charge in [-0.2, -0.15) is 4.58 Å². The number of fused-ring (bicyclic) bond motifs is 1. The summed E-state index contributed by atoms with van der Waals surface area (Å²) in [5, 5.41) is 1.00. The molecule has 5 nitrogen and oxygen atoms in total. The Labute approximate surface area is 236 Å². The predicted molar refractivity (Wildman–Crippen MR) is 165 cm³/mol. The van der Waals surface area contributed by atoms with E-state index in [0.717, 1.165) is 40.4 Å². The molecule has 3 aromatic rings. The van der Waals surface area contributed by atoms with Crippen molar-refractivity contribution in [2.75, 3.05) is 31.6 Å². The Hall–Kier alpha value is -3.77. The highest BCUT2D eigenvalue weighted by Gasteiger charge is 2.36. The summed E-state index contributed by atoms with van der Waals surface area (Å²) in [6, 6.07) is 16.6. The van der Waals surface area contributed by atoms with Gasteiger partial charge in [0.2, 0.25) is 5.70 Å². The van der Waals surface area contributed by atoms with Crippen LogP contribution in [-0.4, -0.2) is 48.0 Å². The van der Waals surface area contributed by atoms with Crippen molar-refractivity contribution in [1.29, 1.82) is 0 Å². The normalized spacial score (nSPS) is 14.9. The molecule has 1 aliphatic rings. The fourth-order valence-corrected chi connectivity index (χ4v) is 5.45. The number of hydrogen-bond acceptors (Lipinski definition) is 5. The molecule has 0 unspecified atom stereocenters. The Kier molecular flexibility index (Phi) is 9.31. The maximum absolute atomic E-state index is 12.4. The lowest BCUT2D eigenvalue weighted by Crippen LogP contribution is -2.26. The van der Waals surface area contributed by atoms with Gasteiger partial charge >= 0.3 is 5.97 Å². The Balaban J connectivity index is 1.20. The largest absolute Gasteiger partial charge is 0.459 e. The number of hydrogen-bond donors (Lipinski definition) is 0. The van der Waals surface area contributed by atoms with Crippen LogP contribution in [0, 0.1) is 5.41 Å². The van der Waals surface area contributed by atoms with Crippen molar-refractivity contribution >= 4 is 51.1 Å². The van der Waals surface area contributed by atoms with Crippen LogP contribution in [0.2, 0.25) is 0 Å². The van der Waals surface area contributed by atoms with E-state index in [2.05, 4.69) is 97.4 Å². The maximum atomic E-state index is 12.4. The van der Waals surface area contributed by atoms with E-state index < -0.39 is 0 Å². The van der Waals surface area contributed by atoms with Crippen LogP contribution in [0.15, 0.2) is 85.1 Å². The van der Waals surface area contributed by atoms with E-state index in [1.807, 2.05) is 30.4 Å². The number of rotatable bonds is 12. The molecule has 6 heteroatoms. The molecule has 0 saturated carbocycles. The molecule has 0 bridgehead atoms. The van der Waals surface area contributed by atoms with Crippen LogP contribution in [0.1, 0.15) is 44.2 Å².